The molecule has 3 unspecified atom stereocenters. The van der Waals surface area contributed by atoms with Crippen LogP contribution in [-0.2, 0) is 6.54 Å². The highest BCUT2D eigenvalue weighted by Crippen LogP contribution is 2.42. The van der Waals surface area contributed by atoms with E-state index in [-0.39, 0.29) is 0 Å². The Kier molecular flexibility index (Phi) is 2.63. The number of hydrogen-bond acceptors (Lipinski definition) is 2. The van der Waals surface area contributed by atoms with Crippen LogP contribution in [0.25, 0.3) is 0 Å². The Hall–Kier alpha value is -0.600. The second kappa shape index (κ2) is 4.11. The highest BCUT2D eigenvalue weighted by molar-refractivity contribution is 7.07. The van der Waals surface area contributed by atoms with Gasteiger partial charge in [-0.15, -0.1) is 0 Å². The van der Waals surface area contributed by atoms with Gasteiger partial charge in [-0.3, -0.25) is 0 Å². The monoisotopic (exact) mass is 219 g/mol. The minimum atomic E-state index is 0.880. The van der Waals surface area contributed by atoms with Crippen LogP contribution in [0.5, 0.6) is 0 Å². The first-order valence-corrected chi connectivity index (χ1v) is 6.76. The Bertz CT molecular complexity index is 341. The number of thiophene rings is 1. The van der Waals surface area contributed by atoms with Crippen LogP contribution in [0.4, 0.5) is 0 Å². The summed E-state index contributed by atoms with van der Waals surface area (Å²) in [6.45, 7) is 2.24. The van der Waals surface area contributed by atoms with E-state index in [0.717, 1.165) is 24.3 Å². The Morgan fingerprint density at radius 2 is 2.33 bits per heavy atom. The van der Waals surface area contributed by atoms with Crippen molar-refractivity contribution in [2.45, 2.75) is 19.4 Å². The van der Waals surface area contributed by atoms with Gasteiger partial charge in [0.25, 0.3) is 0 Å². The Balaban J connectivity index is 1.45. The molecule has 0 spiro atoms. The van der Waals surface area contributed by atoms with Crippen LogP contribution in [0.1, 0.15) is 18.4 Å². The summed E-state index contributed by atoms with van der Waals surface area (Å²) < 4.78 is 0. The smallest absolute Gasteiger partial charge is 0.0213 e. The van der Waals surface area contributed by atoms with Crippen molar-refractivity contribution in [3.63, 3.8) is 0 Å². The highest BCUT2D eigenvalue weighted by Gasteiger charge is 2.34. The lowest BCUT2D eigenvalue weighted by molar-refractivity contribution is 0.414. The third-order valence-electron chi connectivity index (χ3n) is 3.73. The van der Waals surface area contributed by atoms with Gasteiger partial charge in [0.1, 0.15) is 0 Å². The molecule has 3 atom stereocenters. The fraction of sp³-hybridized carbons (Fsp3) is 0.538. The van der Waals surface area contributed by atoms with Crippen LogP contribution >= 0.6 is 11.3 Å². The molecule has 3 rings (SSSR count). The summed E-state index contributed by atoms with van der Waals surface area (Å²) in [4.78, 5) is 0. The van der Waals surface area contributed by atoms with E-state index >= 15 is 0 Å². The molecule has 0 aromatic carbocycles. The maximum Gasteiger partial charge on any atom is 0.0213 e. The lowest BCUT2D eigenvalue weighted by Crippen LogP contribution is -2.24. The average Bonchev–Trinajstić information content (AvgIpc) is 2.93. The molecule has 2 aliphatic carbocycles. The fourth-order valence-electron chi connectivity index (χ4n) is 2.92. The van der Waals surface area contributed by atoms with Crippen LogP contribution in [0.2, 0.25) is 0 Å². The maximum atomic E-state index is 3.59. The molecule has 80 valence electrons. The number of fused-ring (bicyclic) bond motifs is 2. The summed E-state index contributed by atoms with van der Waals surface area (Å²) in [5.74, 6) is 2.69. The van der Waals surface area contributed by atoms with Gasteiger partial charge in [0.2, 0.25) is 0 Å². The molecule has 2 aliphatic rings. The van der Waals surface area contributed by atoms with E-state index in [0.29, 0.717) is 0 Å². The van der Waals surface area contributed by atoms with Crippen molar-refractivity contribution in [3.05, 3.63) is 34.5 Å². The first-order valence-electron chi connectivity index (χ1n) is 5.82. The lowest BCUT2D eigenvalue weighted by atomic mass is 9.93. The summed E-state index contributed by atoms with van der Waals surface area (Å²) in [5, 5.41) is 7.97. The quantitative estimate of drug-likeness (QED) is 0.767. The van der Waals surface area contributed by atoms with Crippen molar-refractivity contribution >= 4 is 11.3 Å². The zero-order valence-corrected chi connectivity index (χ0v) is 9.67. The molecule has 1 saturated carbocycles. The summed E-state index contributed by atoms with van der Waals surface area (Å²) in [6, 6.07) is 2.21. The molecular weight excluding hydrogens is 202 g/mol. The van der Waals surface area contributed by atoms with Crippen molar-refractivity contribution in [1.29, 1.82) is 0 Å². The van der Waals surface area contributed by atoms with Crippen LogP contribution in [0.3, 0.4) is 0 Å². The second-order valence-electron chi connectivity index (χ2n) is 4.80. The molecule has 1 fully saturated rings. The largest absolute Gasteiger partial charge is 0.312 e. The molecule has 2 bridgehead atoms. The Morgan fingerprint density at radius 3 is 3.00 bits per heavy atom. The minimum absolute atomic E-state index is 0.880. The van der Waals surface area contributed by atoms with E-state index in [9.17, 15) is 0 Å². The highest BCUT2D eigenvalue weighted by atomic mass is 32.1. The first kappa shape index (κ1) is 9.61. The summed E-state index contributed by atoms with van der Waals surface area (Å²) in [6.07, 6.45) is 7.69. The predicted molar refractivity (Wildman–Crippen MR) is 64.9 cm³/mol. The normalized spacial score (nSPS) is 32.7. The molecular formula is C13H17NS. The van der Waals surface area contributed by atoms with Crippen molar-refractivity contribution in [1.82, 2.24) is 5.32 Å². The third kappa shape index (κ3) is 2.01. The van der Waals surface area contributed by atoms with Crippen molar-refractivity contribution in [2.24, 2.45) is 17.8 Å². The van der Waals surface area contributed by atoms with E-state index in [1.165, 1.54) is 24.9 Å². The zero-order chi connectivity index (χ0) is 10.1. The van der Waals surface area contributed by atoms with Crippen LogP contribution < -0.4 is 5.32 Å². The number of allylic oxidation sites excluding steroid dienone is 2. The van der Waals surface area contributed by atoms with Gasteiger partial charge in [-0.2, -0.15) is 11.3 Å². The SMILES string of the molecule is C1=CC2CC1CC2CNCc1ccsc1. The molecule has 15 heavy (non-hydrogen) atoms. The van der Waals surface area contributed by atoms with E-state index in [1.807, 2.05) is 0 Å². The minimum Gasteiger partial charge on any atom is -0.312 e. The van der Waals surface area contributed by atoms with Crippen molar-refractivity contribution in [3.8, 4) is 0 Å². The summed E-state index contributed by atoms with van der Waals surface area (Å²) in [5.41, 5.74) is 1.43. The zero-order valence-electron chi connectivity index (χ0n) is 8.86. The van der Waals surface area contributed by atoms with Gasteiger partial charge in [0.05, 0.1) is 0 Å². The van der Waals surface area contributed by atoms with Crippen LogP contribution in [-0.4, -0.2) is 6.54 Å². The number of rotatable bonds is 4. The summed E-state index contributed by atoms with van der Waals surface area (Å²) in [7, 11) is 0. The standard InChI is InChI=1S/C13H17NS/c1-2-12-5-10(1)6-13(12)8-14-7-11-3-4-15-9-11/h1-4,9-10,12-14H,5-8H2. The van der Waals surface area contributed by atoms with E-state index in [4.69, 9.17) is 0 Å². The molecule has 0 saturated heterocycles. The maximum absolute atomic E-state index is 3.59. The van der Waals surface area contributed by atoms with Gasteiger partial charge < -0.3 is 5.32 Å². The molecule has 1 N–H and O–H groups in total. The van der Waals surface area contributed by atoms with E-state index in [2.05, 4.69) is 34.3 Å². The molecule has 1 heterocycles. The predicted octanol–water partition coefficient (Wildman–Crippen LogP) is 3.05. The molecule has 2 heteroatoms. The Morgan fingerprint density at radius 1 is 1.33 bits per heavy atom. The molecule has 1 aromatic rings. The molecule has 1 aromatic heterocycles. The van der Waals surface area contributed by atoms with Crippen molar-refractivity contribution in [2.75, 3.05) is 6.54 Å². The molecule has 1 nitrogen and oxygen atoms in total. The second-order valence-corrected chi connectivity index (χ2v) is 5.58. The number of hydrogen-bond donors (Lipinski definition) is 1. The fourth-order valence-corrected chi connectivity index (χ4v) is 3.59. The van der Waals surface area contributed by atoms with Crippen molar-refractivity contribution < 1.29 is 0 Å². The van der Waals surface area contributed by atoms with Gasteiger partial charge in [0, 0.05) is 6.54 Å². The van der Waals surface area contributed by atoms with Gasteiger partial charge in [-0.05, 0) is 59.5 Å². The third-order valence-corrected chi connectivity index (χ3v) is 4.46. The number of nitrogens with one attached hydrogen (secondary N) is 1. The van der Waals surface area contributed by atoms with Gasteiger partial charge in [-0.1, -0.05) is 12.2 Å². The van der Waals surface area contributed by atoms with Crippen LogP contribution in [0.15, 0.2) is 29.0 Å². The van der Waals surface area contributed by atoms with Crippen LogP contribution in [0, 0.1) is 17.8 Å². The molecule has 0 aliphatic heterocycles. The van der Waals surface area contributed by atoms with E-state index in [1.54, 1.807) is 11.3 Å². The van der Waals surface area contributed by atoms with Gasteiger partial charge in [-0.25, -0.2) is 0 Å². The average molecular weight is 219 g/mol. The Labute approximate surface area is 95.2 Å². The first-order chi connectivity index (χ1) is 7.42. The lowest BCUT2D eigenvalue weighted by Gasteiger charge is -2.18. The topological polar surface area (TPSA) is 12.0 Å². The summed E-state index contributed by atoms with van der Waals surface area (Å²) >= 11 is 1.78. The molecule has 0 radical (unpaired) electrons. The van der Waals surface area contributed by atoms with E-state index < -0.39 is 0 Å². The van der Waals surface area contributed by atoms with Gasteiger partial charge >= 0.3 is 0 Å². The van der Waals surface area contributed by atoms with Gasteiger partial charge in [0.15, 0.2) is 0 Å². The molecule has 0 amide bonds.